The highest BCUT2D eigenvalue weighted by molar-refractivity contribution is 6.30. The van der Waals surface area contributed by atoms with Crippen LogP contribution in [0.5, 0.6) is 0 Å². The molecule has 6 nitrogen and oxygen atoms in total. The lowest BCUT2D eigenvalue weighted by Gasteiger charge is -2.43. The number of halogens is 2. The molecule has 5 rings (SSSR count). The quantitative estimate of drug-likeness (QED) is 0.279. The summed E-state index contributed by atoms with van der Waals surface area (Å²) in [7, 11) is 0. The molecule has 1 aliphatic heterocycles. The summed E-state index contributed by atoms with van der Waals surface area (Å²) in [6.45, 7) is 2.05. The van der Waals surface area contributed by atoms with E-state index in [2.05, 4.69) is 16.0 Å². The van der Waals surface area contributed by atoms with Crippen molar-refractivity contribution >= 4 is 40.5 Å². The highest BCUT2D eigenvalue weighted by Crippen LogP contribution is 2.49. The van der Waals surface area contributed by atoms with Crippen LogP contribution < -0.4 is 16.0 Å². The molecular weight excluding hydrogens is 505 g/mol. The number of ether oxygens (including phenoxy) is 1. The van der Waals surface area contributed by atoms with Gasteiger partial charge in [0.05, 0.1) is 29.5 Å². The SMILES string of the molecule is CCOC(=O)c1ccc(NC(=O)C(C2CCCCC2)C2(c3ccc(Cl)cc3)Nc3ccc(F)cc3N2)cc1. The van der Waals surface area contributed by atoms with Crippen molar-refractivity contribution in [1.82, 2.24) is 0 Å². The first-order valence-electron chi connectivity index (χ1n) is 13.1. The number of hydrogen-bond donors (Lipinski definition) is 3. The molecule has 8 heteroatoms. The van der Waals surface area contributed by atoms with Gasteiger partial charge in [-0.05, 0) is 85.8 Å². The molecule has 2 atom stereocenters. The fraction of sp³-hybridized carbons (Fsp3) is 0.333. The third kappa shape index (κ3) is 5.20. The Hall–Kier alpha value is -3.58. The van der Waals surface area contributed by atoms with Crippen LogP contribution in [0.25, 0.3) is 0 Å². The number of carbonyl (C=O) groups is 2. The minimum atomic E-state index is -1.02. The summed E-state index contributed by atoms with van der Waals surface area (Å²) in [5.41, 5.74) is 2.15. The molecule has 1 amide bonds. The lowest BCUT2D eigenvalue weighted by molar-refractivity contribution is -0.124. The first kappa shape index (κ1) is 26.0. The van der Waals surface area contributed by atoms with E-state index in [1.165, 1.54) is 12.1 Å². The van der Waals surface area contributed by atoms with Crippen molar-refractivity contribution in [3.8, 4) is 0 Å². The van der Waals surface area contributed by atoms with Gasteiger partial charge in [-0.25, -0.2) is 9.18 Å². The monoisotopic (exact) mass is 535 g/mol. The van der Waals surface area contributed by atoms with Gasteiger partial charge in [0.1, 0.15) is 11.5 Å². The molecule has 1 aliphatic carbocycles. The summed E-state index contributed by atoms with van der Waals surface area (Å²) in [6, 6.07) is 18.7. The molecule has 1 heterocycles. The van der Waals surface area contributed by atoms with E-state index in [0.717, 1.165) is 43.4 Å². The Morgan fingerprint density at radius 1 is 1.00 bits per heavy atom. The first-order chi connectivity index (χ1) is 18.4. The predicted molar refractivity (Wildman–Crippen MR) is 148 cm³/mol. The summed E-state index contributed by atoms with van der Waals surface area (Å²) in [4.78, 5) is 26.3. The zero-order valence-electron chi connectivity index (χ0n) is 21.2. The normalized spacial score (nSPS) is 19.6. The number of rotatable bonds is 7. The number of esters is 1. The fourth-order valence-electron chi connectivity index (χ4n) is 5.73. The van der Waals surface area contributed by atoms with Gasteiger partial charge in [0.25, 0.3) is 0 Å². The maximum Gasteiger partial charge on any atom is 0.338 e. The van der Waals surface area contributed by atoms with E-state index in [9.17, 15) is 14.0 Å². The summed E-state index contributed by atoms with van der Waals surface area (Å²) >= 11 is 6.22. The van der Waals surface area contributed by atoms with Gasteiger partial charge in [0.15, 0.2) is 0 Å². The number of anilines is 3. The molecule has 198 valence electrons. The van der Waals surface area contributed by atoms with Crippen molar-refractivity contribution in [3.63, 3.8) is 0 Å². The zero-order chi connectivity index (χ0) is 26.7. The average molecular weight is 536 g/mol. The van der Waals surface area contributed by atoms with Crippen LogP contribution in [0, 0.1) is 17.7 Å². The summed E-state index contributed by atoms with van der Waals surface area (Å²) in [5.74, 6) is -1.38. The Kier molecular flexibility index (Phi) is 7.56. The van der Waals surface area contributed by atoms with Crippen LogP contribution >= 0.6 is 11.6 Å². The van der Waals surface area contributed by atoms with Crippen molar-refractivity contribution < 1.29 is 18.7 Å². The Morgan fingerprint density at radius 2 is 1.68 bits per heavy atom. The molecule has 0 spiro atoms. The number of hydrogen-bond acceptors (Lipinski definition) is 5. The number of fused-ring (bicyclic) bond motifs is 1. The Balaban J connectivity index is 1.53. The maximum atomic E-state index is 14.2. The Morgan fingerprint density at radius 3 is 2.37 bits per heavy atom. The van der Waals surface area contributed by atoms with Gasteiger partial charge in [-0.2, -0.15) is 0 Å². The van der Waals surface area contributed by atoms with E-state index in [1.807, 2.05) is 12.1 Å². The topological polar surface area (TPSA) is 79.5 Å². The van der Waals surface area contributed by atoms with Crippen molar-refractivity contribution in [2.24, 2.45) is 11.8 Å². The van der Waals surface area contributed by atoms with Crippen LogP contribution in [0.2, 0.25) is 5.02 Å². The molecule has 3 N–H and O–H groups in total. The van der Waals surface area contributed by atoms with Gasteiger partial charge < -0.3 is 20.7 Å². The second-order valence-electron chi connectivity index (χ2n) is 9.92. The number of benzene rings is 3. The molecule has 2 aliphatic rings. The molecule has 0 saturated heterocycles. The van der Waals surface area contributed by atoms with E-state index in [-0.39, 0.29) is 17.6 Å². The van der Waals surface area contributed by atoms with Gasteiger partial charge in [0.2, 0.25) is 5.91 Å². The molecule has 0 aromatic heterocycles. The van der Waals surface area contributed by atoms with Crippen LogP contribution in [0.15, 0.2) is 66.7 Å². The zero-order valence-corrected chi connectivity index (χ0v) is 22.0. The first-order valence-corrected chi connectivity index (χ1v) is 13.5. The second-order valence-corrected chi connectivity index (χ2v) is 10.4. The highest BCUT2D eigenvalue weighted by Gasteiger charge is 2.51. The molecule has 0 bridgehead atoms. The minimum absolute atomic E-state index is 0.0809. The van der Waals surface area contributed by atoms with Gasteiger partial charge in [-0.1, -0.05) is 43.0 Å². The predicted octanol–water partition coefficient (Wildman–Crippen LogP) is 7.18. The third-order valence-corrected chi connectivity index (χ3v) is 7.73. The van der Waals surface area contributed by atoms with Crippen molar-refractivity contribution in [2.45, 2.75) is 44.7 Å². The number of carbonyl (C=O) groups excluding carboxylic acids is 2. The average Bonchev–Trinajstić information content (AvgIpc) is 3.29. The Labute approximate surface area is 226 Å². The molecule has 3 aromatic carbocycles. The van der Waals surface area contributed by atoms with Gasteiger partial charge in [0, 0.05) is 10.7 Å². The van der Waals surface area contributed by atoms with E-state index in [0.29, 0.717) is 28.6 Å². The Bertz CT molecular complexity index is 1310. The minimum Gasteiger partial charge on any atom is -0.462 e. The van der Waals surface area contributed by atoms with Crippen molar-refractivity contribution in [2.75, 3.05) is 22.6 Å². The van der Waals surface area contributed by atoms with Crippen LogP contribution in [0.3, 0.4) is 0 Å². The lowest BCUT2D eigenvalue weighted by Crippen LogP contribution is -2.54. The molecule has 2 unspecified atom stereocenters. The van der Waals surface area contributed by atoms with Gasteiger partial charge >= 0.3 is 5.97 Å². The van der Waals surface area contributed by atoms with Gasteiger partial charge in [-0.3, -0.25) is 4.79 Å². The van der Waals surface area contributed by atoms with Crippen LogP contribution in [-0.2, 0) is 15.2 Å². The highest BCUT2D eigenvalue weighted by atomic mass is 35.5. The maximum absolute atomic E-state index is 14.2. The number of amides is 1. The van der Waals surface area contributed by atoms with Gasteiger partial charge in [-0.15, -0.1) is 0 Å². The largest absolute Gasteiger partial charge is 0.462 e. The fourth-order valence-corrected chi connectivity index (χ4v) is 5.86. The van der Waals surface area contributed by atoms with Crippen molar-refractivity contribution in [1.29, 1.82) is 0 Å². The van der Waals surface area contributed by atoms with Crippen LogP contribution in [0.1, 0.15) is 54.9 Å². The standard InChI is InChI=1S/C30H31ClFN3O3/c1-2-38-29(37)20-8-15-24(16-9-20)33-28(36)27(19-6-4-3-5-7-19)30(21-10-12-22(31)13-11-21)34-25-17-14-23(32)18-26(25)35-30/h8-19,27,34-35H,2-7H2,1H3,(H,33,36). The van der Waals surface area contributed by atoms with E-state index in [1.54, 1.807) is 49.4 Å². The van der Waals surface area contributed by atoms with E-state index < -0.39 is 17.6 Å². The summed E-state index contributed by atoms with van der Waals surface area (Å²) in [6.07, 6.45) is 5.04. The number of nitrogens with one attached hydrogen (secondary N) is 3. The summed E-state index contributed by atoms with van der Waals surface area (Å²) < 4.78 is 19.3. The molecule has 1 saturated carbocycles. The van der Waals surface area contributed by atoms with E-state index in [4.69, 9.17) is 16.3 Å². The summed E-state index contributed by atoms with van der Waals surface area (Å²) in [5, 5.41) is 10.8. The molecule has 38 heavy (non-hydrogen) atoms. The molecule has 1 fully saturated rings. The molecule has 3 aromatic rings. The molecule has 0 radical (unpaired) electrons. The third-order valence-electron chi connectivity index (χ3n) is 7.48. The smallest absolute Gasteiger partial charge is 0.338 e. The second kappa shape index (κ2) is 11.0. The van der Waals surface area contributed by atoms with Crippen LogP contribution in [-0.4, -0.2) is 18.5 Å². The van der Waals surface area contributed by atoms with Crippen molar-refractivity contribution in [3.05, 3.63) is 88.7 Å². The van der Waals surface area contributed by atoms with Crippen LogP contribution in [0.4, 0.5) is 21.5 Å². The molecular formula is C30H31ClFN3O3. The van der Waals surface area contributed by atoms with E-state index >= 15 is 0 Å². The lowest BCUT2D eigenvalue weighted by atomic mass is 9.71.